The highest BCUT2D eigenvalue weighted by molar-refractivity contribution is 9.10. The van der Waals surface area contributed by atoms with Crippen LogP contribution in [0.15, 0.2) is 53.0 Å². The molecular formula is C18H20BrNO2. The largest absolute Gasteiger partial charge is 0.497 e. The number of methoxy groups -OCH3 is 1. The van der Waals surface area contributed by atoms with Crippen LogP contribution >= 0.6 is 15.9 Å². The molecule has 0 saturated heterocycles. The lowest BCUT2D eigenvalue weighted by molar-refractivity contribution is -0.121. The lowest BCUT2D eigenvalue weighted by atomic mass is 10.0. The van der Waals surface area contributed by atoms with Crippen LogP contribution in [-0.2, 0) is 11.2 Å². The van der Waals surface area contributed by atoms with Crippen molar-refractivity contribution in [2.45, 2.75) is 25.8 Å². The predicted octanol–water partition coefficient (Wildman–Crippen LogP) is 4.27. The van der Waals surface area contributed by atoms with E-state index >= 15 is 0 Å². The van der Waals surface area contributed by atoms with Crippen molar-refractivity contribution in [2.75, 3.05) is 7.11 Å². The molecule has 2 rings (SSSR count). The van der Waals surface area contributed by atoms with Gasteiger partial charge in [0, 0.05) is 4.47 Å². The molecule has 0 spiro atoms. The van der Waals surface area contributed by atoms with Crippen LogP contribution in [0, 0.1) is 0 Å². The minimum absolute atomic E-state index is 0.0190. The molecule has 22 heavy (non-hydrogen) atoms. The summed E-state index contributed by atoms with van der Waals surface area (Å²) in [5.41, 5.74) is 2.09. The van der Waals surface area contributed by atoms with Gasteiger partial charge in [-0.05, 0) is 41.8 Å². The molecule has 3 nitrogen and oxygen atoms in total. The maximum atomic E-state index is 12.2. The summed E-state index contributed by atoms with van der Waals surface area (Å²) in [6.45, 7) is 2.06. The van der Waals surface area contributed by atoms with Crippen LogP contribution < -0.4 is 10.1 Å². The molecule has 0 aromatic heterocycles. The minimum atomic E-state index is 0.0190. The van der Waals surface area contributed by atoms with Gasteiger partial charge < -0.3 is 10.1 Å². The summed E-state index contributed by atoms with van der Waals surface area (Å²) >= 11 is 3.42. The summed E-state index contributed by atoms with van der Waals surface area (Å²) in [4.78, 5) is 12.2. The lowest BCUT2D eigenvalue weighted by Gasteiger charge is -2.18. The van der Waals surface area contributed by atoms with Gasteiger partial charge in [-0.2, -0.15) is 0 Å². The van der Waals surface area contributed by atoms with E-state index in [1.165, 1.54) is 0 Å². The van der Waals surface area contributed by atoms with Crippen LogP contribution in [-0.4, -0.2) is 13.0 Å². The van der Waals surface area contributed by atoms with Crippen molar-refractivity contribution in [3.8, 4) is 5.75 Å². The van der Waals surface area contributed by atoms with E-state index in [1.54, 1.807) is 7.11 Å². The molecule has 0 radical (unpaired) electrons. The third-order valence-corrected chi connectivity index (χ3v) is 4.01. The Bertz CT molecular complexity index is 625. The number of carbonyl (C=O) groups excluding carboxylic acids is 1. The molecule has 0 fully saturated rings. The number of hydrogen-bond donors (Lipinski definition) is 1. The van der Waals surface area contributed by atoms with Crippen LogP contribution in [0.3, 0.4) is 0 Å². The molecule has 0 bridgehead atoms. The third kappa shape index (κ3) is 4.60. The standard InChI is InChI=1S/C18H20BrNO2/c1-3-17(14-7-9-16(22-2)10-8-14)20-18(21)12-13-5-4-6-15(19)11-13/h4-11,17H,3,12H2,1-2H3,(H,20,21)/t17-/m0/s1. The zero-order valence-corrected chi connectivity index (χ0v) is 14.4. The van der Waals surface area contributed by atoms with Crippen LogP contribution in [0.25, 0.3) is 0 Å². The average Bonchev–Trinajstić information content (AvgIpc) is 2.53. The summed E-state index contributed by atoms with van der Waals surface area (Å²) < 4.78 is 6.15. The molecule has 0 saturated carbocycles. The SMILES string of the molecule is CC[C@H](NC(=O)Cc1cccc(Br)c1)c1ccc(OC)cc1. The molecule has 4 heteroatoms. The monoisotopic (exact) mass is 361 g/mol. The first-order chi connectivity index (χ1) is 10.6. The molecule has 1 N–H and O–H groups in total. The molecule has 116 valence electrons. The van der Waals surface area contributed by atoms with E-state index < -0.39 is 0 Å². The second kappa shape index (κ2) is 7.99. The van der Waals surface area contributed by atoms with E-state index in [-0.39, 0.29) is 11.9 Å². The van der Waals surface area contributed by atoms with Crippen molar-refractivity contribution in [3.63, 3.8) is 0 Å². The Labute approximate surface area is 139 Å². The Morgan fingerprint density at radius 2 is 1.95 bits per heavy atom. The maximum absolute atomic E-state index is 12.2. The highest BCUT2D eigenvalue weighted by Gasteiger charge is 2.13. The summed E-state index contributed by atoms with van der Waals surface area (Å²) in [7, 11) is 1.64. The van der Waals surface area contributed by atoms with Gasteiger partial charge >= 0.3 is 0 Å². The second-order valence-electron chi connectivity index (χ2n) is 5.11. The van der Waals surface area contributed by atoms with Crippen LogP contribution in [0.1, 0.15) is 30.5 Å². The maximum Gasteiger partial charge on any atom is 0.224 e. The fourth-order valence-electron chi connectivity index (χ4n) is 2.33. The van der Waals surface area contributed by atoms with Gasteiger partial charge in [0.25, 0.3) is 0 Å². The number of rotatable bonds is 6. The van der Waals surface area contributed by atoms with Gasteiger partial charge in [-0.1, -0.05) is 47.1 Å². The molecule has 0 aliphatic rings. The molecule has 1 atom stereocenters. The lowest BCUT2D eigenvalue weighted by Crippen LogP contribution is -2.29. The zero-order valence-electron chi connectivity index (χ0n) is 12.8. The van der Waals surface area contributed by atoms with E-state index in [0.29, 0.717) is 6.42 Å². The first-order valence-electron chi connectivity index (χ1n) is 7.30. The zero-order chi connectivity index (χ0) is 15.9. The number of nitrogens with one attached hydrogen (secondary N) is 1. The number of halogens is 1. The highest BCUT2D eigenvalue weighted by Crippen LogP contribution is 2.20. The molecule has 2 aromatic rings. The van der Waals surface area contributed by atoms with Gasteiger partial charge in [-0.25, -0.2) is 0 Å². The number of hydrogen-bond acceptors (Lipinski definition) is 2. The summed E-state index contributed by atoms with van der Waals surface area (Å²) in [6, 6.07) is 15.6. The smallest absolute Gasteiger partial charge is 0.224 e. The van der Waals surface area contributed by atoms with Crippen LogP contribution in [0.2, 0.25) is 0 Å². The van der Waals surface area contributed by atoms with Gasteiger partial charge in [0.05, 0.1) is 19.6 Å². The molecule has 0 aliphatic heterocycles. The normalized spacial score (nSPS) is 11.8. The van der Waals surface area contributed by atoms with Gasteiger partial charge in [-0.3, -0.25) is 4.79 Å². The number of benzene rings is 2. The second-order valence-corrected chi connectivity index (χ2v) is 6.02. The van der Waals surface area contributed by atoms with Gasteiger partial charge in [0.2, 0.25) is 5.91 Å². The van der Waals surface area contributed by atoms with Crippen molar-refractivity contribution in [3.05, 3.63) is 64.1 Å². The summed E-state index contributed by atoms with van der Waals surface area (Å²) in [5.74, 6) is 0.847. The molecule has 1 amide bonds. The Morgan fingerprint density at radius 3 is 2.55 bits per heavy atom. The van der Waals surface area contributed by atoms with Crippen molar-refractivity contribution in [2.24, 2.45) is 0 Å². The van der Waals surface area contributed by atoms with Crippen molar-refractivity contribution >= 4 is 21.8 Å². The van der Waals surface area contributed by atoms with Crippen molar-refractivity contribution in [1.29, 1.82) is 0 Å². The van der Waals surface area contributed by atoms with E-state index in [9.17, 15) is 4.79 Å². The Kier molecular flexibility index (Phi) is 6.01. The first-order valence-corrected chi connectivity index (χ1v) is 8.09. The molecule has 2 aromatic carbocycles. The Balaban J connectivity index is 2.01. The van der Waals surface area contributed by atoms with E-state index in [1.807, 2.05) is 48.5 Å². The quantitative estimate of drug-likeness (QED) is 0.834. The molecule has 0 aliphatic carbocycles. The van der Waals surface area contributed by atoms with Gasteiger partial charge in [0.15, 0.2) is 0 Å². The fourth-order valence-corrected chi connectivity index (χ4v) is 2.78. The van der Waals surface area contributed by atoms with Gasteiger partial charge in [0.1, 0.15) is 5.75 Å². The van der Waals surface area contributed by atoms with Crippen molar-refractivity contribution in [1.82, 2.24) is 5.32 Å². The summed E-state index contributed by atoms with van der Waals surface area (Å²) in [6.07, 6.45) is 1.22. The number of amides is 1. The topological polar surface area (TPSA) is 38.3 Å². The highest BCUT2D eigenvalue weighted by atomic mass is 79.9. The van der Waals surface area contributed by atoms with E-state index in [2.05, 4.69) is 28.2 Å². The molecule has 0 unspecified atom stereocenters. The van der Waals surface area contributed by atoms with Crippen molar-refractivity contribution < 1.29 is 9.53 Å². The Morgan fingerprint density at radius 1 is 1.23 bits per heavy atom. The third-order valence-electron chi connectivity index (χ3n) is 3.52. The number of carbonyl (C=O) groups is 1. The fraction of sp³-hybridized carbons (Fsp3) is 0.278. The van der Waals surface area contributed by atoms with Crippen LogP contribution in [0.5, 0.6) is 5.75 Å². The van der Waals surface area contributed by atoms with E-state index in [0.717, 1.165) is 27.8 Å². The summed E-state index contributed by atoms with van der Waals surface area (Å²) in [5, 5.41) is 3.09. The minimum Gasteiger partial charge on any atom is -0.497 e. The number of ether oxygens (including phenoxy) is 1. The first kappa shape index (κ1) is 16.6. The van der Waals surface area contributed by atoms with E-state index in [4.69, 9.17) is 4.74 Å². The average molecular weight is 362 g/mol. The Hall–Kier alpha value is -1.81. The van der Waals surface area contributed by atoms with Gasteiger partial charge in [-0.15, -0.1) is 0 Å². The van der Waals surface area contributed by atoms with Crippen LogP contribution in [0.4, 0.5) is 0 Å². The molecule has 0 heterocycles. The molecular weight excluding hydrogens is 342 g/mol. The predicted molar refractivity (Wildman–Crippen MR) is 92.0 cm³/mol.